The van der Waals surface area contributed by atoms with E-state index < -0.39 is 10.0 Å². The molecule has 8 heteroatoms. The largest absolute Gasteiger partial charge is 0.497 e. The van der Waals surface area contributed by atoms with Gasteiger partial charge in [-0.25, -0.2) is 8.42 Å². The van der Waals surface area contributed by atoms with Crippen LogP contribution in [0.4, 0.5) is 0 Å². The average Bonchev–Trinajstić information content (AvgIpc) is 3.00. The number of benzene rings is 1. The van der Waals surface area contributed by atoms with Crippen LogP contribution in [-0.4, -0.2) is 47.7 Å². The number of hydrogen-bond donors (Lipinski definition) is 0. The lowest BCUT2D eigenvalue weighted by atomic mass is 9.96. The monoisotopic (exact) mass is 350 g/mol. The van der Waals surface area contributed by atoms with E-state index in [4.69, 9.17) is 4.74 Å². The first-order chi connectivity index (χ1) is 11.5. The molecule has 0 bridgehead atoms. The van der Waals surface area contributed by atoms with Crippen molar-refractivity contribution in [3.8, 4) is 5.75 Å². The van der Waals surface area contributed by atoms with Crippen LogP contribution in [0.5, 0.6) is 5.75 Å². The van der Waals surface area contributed by atoms with E-state index in [0.717, 1.165) is 25.1 Å². The van der Waals surface area contributed by atoms with Crippen LogP contribution in [0, 0.1) is 5.92 Å². The maximum atomic E-state index is 12.9. The maximum Gasteiger partial charge on any atom is 0.243 e. The molecule has 0 saturated carbocycles. The number of hydrogen-bond acceptors (Lipinski definition) is 5. The molecule has 0 amide bonds. The minimum atomic E-state index is -3.47. The molecule has 1 aliphatic rings. The van der Waals surface area contributed by atoms with Gasteiger partial charge in [0.25, 0.3) is 0 Å². The summed E-state index contributed by atoms with van der Waals surface area (Å²) in [4.78, 5) is 0.308. The number of rotatable bonds is 5. The fourth-order valence-corrected chi connectivity index (χ4v) is 4.61. The third-order valence-electron chi connectivity index (χ3n) is 4.46. The first-order valence-corrected chi connectivity index (χ1v) is 9.42. The highest BCUT2D eigenvalue weighted by molar-refractivity contribution is 7.89. The number of nitrogens with zero attached hydrogens (tertiary/aromatic N) is 4. The smallest absolute Gasteiger partial charge is 0.243 e. The van der Waals surface area contributed by atoms with Gasteiger partial charge in [-0.2, -0.15) is 4.31 Å². The average molecular weight is 350 g/mol. The van der Waals surface area contributed by atoms with Crippen molar-refractivity contribution in [2.45, 2.75) is 24.2 Å². The summed E-state index contributed by atoms with van der Waals surface area (Å²) in [5, 5.41) is 7.99. The summed E-state index contributed by atoms with van der Waals surface area (Å²) in [6.07, 6.45) is 4.27. The second-order valence-electron chi connectivity index (χ2n) is 6.11. The standard InChI is InChI=1S/C16H22N4O3S/c1-19-12-17-18-16(19)10-13-4-3-9-20(11-13)24(21,22)15-7-5-14(23-2)6-8-15/h5-8,12-13H,3-4,9-11H2,1-2H3. The summed E-state index contributed by atoms with van der Waals surface area (Å²) in [7, 11) is -0.00652. The van der Waals surface area contributed by atoms with Gasteiger partial charge in [0.15, 0.2) is 0 Å². The zero-order valence-electron chi connectivity index (χ0n) is 13.9. The number of ether oxygens (including phenoxy) is 1. The van der Waals surface area contributed by atoms with E-state index in [0.29, 0.717) is 23.7 Å². The van der Waals surface area contributed by atoms with Gasteiger partial charge >= 0.3 is 0 Å². The Kier molecular flexibility index (Phi) is 4.86. The molecule has 1 fully saturated rings. The Hall–Kier alpha value is -1.93. The van der Waals surface area contributed by atoms with Crippen LogP contribution >= 0.6 is 0 Å². The molecule has 1 saturated heterocycles. The molecule has 0 aliphatic carbocycles. The minimum Gasteiger partial charge on any atom is -0.497 e. The van der Waals surface area contributed by atoms with Gasteiger partial charge in [0.2, 0.25) is 10.0 Å². The number of piperidine rings is 1. The SMILES string of the molecule is COc1ccc(S(=O)(=O)N2CCCC(Cc3nncn3C)C2)cc1. The molecule has 1 aromatic heterocycles. The minimum absolute atomic E-state index is 0.259. The predicted molar refractivity (Wildman–Crippen MR) is 89.2 cm³/mol. The molecule has 0 N–H and O–H groups in total. The molecular formula is C16H22N4O3S. The topological polar surface area (TPSA) is 77.3 Å². The van der Waals surface area contributed by atoms with Crippen molar-refractivity contribution in [3.63, 3.8) is 0 Å². The van der Waals surface area contributed by atoms with Gasteiger partial charge in [0, 0.05) is 26.6 Å². The molecule has 1 atom stereocenters. The fraction of sp³-hybridized carbons (Fsp3) is 0.500. The number of sulfonamides is 1. The maximum absolute atomic E-state index is 12.9. The highest BCUT2D eigenvalue weighted by Gasteiger charge is 2.30. The summed E-state index contributed by atoms with van der Waals surface area (Å²) < 4.78 is 34.3. The summed E-state index contributed by atoms with van der Waals surface area (Å²) in [6, 6.07) is 6.54. The van der Waals surface area contributed by atoms with Gasteiger partial charge in [-0.1, -0.05) is 0 Å². The van der Waals surface area contributed by atoms with Gasteiger partial charge in [-0.3, -0.25) is 0 Å². The first kappa shape index (κ1) is 16.9. The highest BCUT2D eigenvalue weighted by atomic mass is 32.2. The summed E-state index contributed by atoms with van der Waals surface area (Å²) in [5.74, 6) is 1.80. The van der Waals surface area contributed by atoms with Crippen LogP contribution in [0.1, 0.15) is 18.7 Å². The summed E-state index contributed by atoms with van der Waals surface area (Å²) in [5.41, 5.74) is 0. The Bertz CT molecular complexity index is 786. The predicted octanol–water partition coefficient (Wildman–Crippen LogP) is 1.47. The van der Waals surface area contributed by atoms with E-state index in [1.165, 1.54) is 0 Å². The van der Waals surface area contributed by atoms with E-state index in [1.807, 2.05) is 11.6 Å². The lowest BCUT2D eigenvalue weighted by molar-refractivity contribution is 0.262. The Labute approximate surface area is 142 Å². The number of aryl methyl sites for hydroxylation is 1. The number of aromatic nitrogens is 3. The molecule has 2 aromatic rings. The van der Waals surface area contributed by atoms with Crippen molar-refractivity contribution < 1.29 is 13.2 Å². The lowest BCUT2D eigenvalue weighted by Crippen LogP contribution is -2.40. The van der Waals surface area contributed by atoms with Crippen LogP contribution in [0.25, 0.3) is 0 Å². The highest BCUT2D eigenvalue weighted by Crippen LogP contribution is 2.26. The van der Waals surface area contributed by atoms with Gasteiger partial charge in [0.1, 0.15) is 17.9 Å². The van der Waals surface area contributed by atoms with Gasteiger partial charge in [0.05, 0.1) is 12.0 Å². The van der Waals surface area contributed by atoms with Crippen LogP contribution in [0.2, 0.25) is 0 Å². The molecule has 1 unspecified atom stereocenters. The van der Waals surface area contributed by atoms with E-state index >= 15 is 0 Å². The second kappa shape index (κ2) is 6.90. The molecule has 0 spiro atoms. The molecular weight excluding hydrogens is 328 g/mol. The number of methoxy groups -OCH3 is 1. The molecule has 2 heterocycles. The second-order valence-corrected chi connectivity index (χ2v) is 8.05. The quantitative estimate of drug-likeness (QED) is 0.816. The molecule has 1 aliphatic heterocycles. The van der Waals surface area contributed by atoms with Crippen molar-refractivity contribution in [1.29, 1.82) is 0 Å². The zero-order chi connectivity index (χ0) is 17.2. The molecule has 3 rings (SSSR count). The molecule has 24 heavy (non-hydrogen) atoms. The van der Waals surface area contributed by atoms with Crippen molar-refractivity contribution >= 4 is 10.0 Å². The Morgan fingerprint density at radius 1 is 1.29 bits per heavy atom. The first-order valence-electron chi connectivity index (χ1n) is 7.98. The van der Waals surface area contributed by atoms with E-state index in [1.54, 1.807) is 42.0 Å². The molecule has 130 valence electrons. The third kappa shape index (κ3) is 3.44. The molecule has 0 radical (unpaired) electrons. The van der Waals surface area contributed by atoms with Crippen molar-refractivity contribution in [1.82, 2.24) is 19.1 Å². The van der Waals surface area contributed by atoms with Crippen molar-refractivity contribution in [3.05, 3.63) is 36.4 Å². The van der Waals surface area contributed by atoms with E-state index in [9.17, 15) is 8.42 Å². The third-order valence-corrected chi connectivity index (χ3v) is 6.33. The Morgan fingerprint density at radius 2 is 2.04 bits per heavy atom. The lowest BCUT2D eigenvalue weighted by Gasteiger charge is -2.31. The van der Waals surface area contributed by atoms with E-state index in [-0.39, 0.29) is 5.92 Å². The summed E-state index contributed by atoms with van der Waals surface area (Å²) in [6.45, 7) is 1.07. The Morgan fingerprint density at radius 3 is 2.67 bits per heavy atom. The fourth-order valence-electron chi connectivity index (χ4n) is 3.06. The molecule has 1 aromatic carbocycles. The molecule has 7 nitrogen and oxygen atoms in total. The zero-order valence-corrected chi connectivity index (χ0v) is 14.7. The van der Waals surface area contributed by atoms with Crippen LogP contribution in [-0.2, 0) is 23.5 Å². The van der Waals surface area contributed by atoms with Crippen molar-refractivity contribution in [2.75, 3.05) is 20.2 Å². The Balaban J connectivity index is 1.74. The summed E-state index contributed by atoms with van der Waals surface area (Å²) >= 11 is 0. The van der Waals surface area contributed by atoms with E-state index in [2.05, 4.69) is 10.2 Å². The van der Waals surface area contributed by atoms with Crippen LogP contribution in [0.3, 0.4) is 0 Å². The normalized spacial score (nSPS) is 19.3. The van der Waals surface area contributed by atoms with Gasteiger partial charge in [-0.15, -0.1) is 10.2 Å². The van der Waals surface area contributed by atoms with Gasteiger partial charge < -0.3 is 9.30 Å². The van der Waals surface area contributed by atoms with Gasteiger partial charge in [-0.05, 0) is 43.0 Å². The van der Waals surface area contributed by atoms with Crippen molar-refractivity contribution in [2.24, 2.45) is 13.0 Å². The van der Waals surface area contributed by atoms with Crippen LogP contribution in [0.15, 0.2) is 35.5 Å². The van der Waals surface area contributed by atoms with Crippen LogP contribution < -0.4 is 4.74 Å².